The van der Waals surface area contributed by atoms with Crippen LogP contribution in [0.2, 0.25) is 5.02 Å². The Morgan fingerprint density at radius 2 is 1.96 bits per heavy atom. The Bertz CT molecular complexity index is 851. The molecule has 142 valence electrons. The molecule has 0 bridgehead atoms. The summed E-state index contributed by atoms with van der Waals surface area (Å²) < 4.78 is 4.98. The van der Waals surface area contributed by atoms with Gasteiger partial charge in [0, 0.05) is 22.0 Å². The Morgan fingerprint density at radius 3 is 2.70 bits per heavy atom. The molecule has 5 nitrogen and oxygen atoms in total. The van der Waals surface area contributed by atoms with Crippen LogP contribution in [0.25, 0.3) is 10.6 Å². The molecule has 2 heterocycles. The molecule has 1 saturated heterocycles. The first-order valence-corrected chi connectivity index (χ1v) is 10.5. The summed E-state index contributed by atoms with van der Waals surface area (Å²) in [7, 11) is 1.38. The van der Waals surface area contributed by atoms with E-state index in [1.54, 1.807) is 22.4 Å². The number of methoxy groups -OCH3 is 1. The summed E-state index contributed by atoms with van der Waals surface area (Å²) in [6.07, 6.45) is 4.95. The molecule has 1 aromatic carbocycles. The molecule has 1 aromatic heterocycles. The molecular formula is C20H21ClN2O3S. The zero-order valence-corrected chi connectivity index (χ0v) is 16.6. The van der Waals surface area contributed by atoms with Gasteiger partial charge < -0.3 is 9.64 Å². The van der Waals surface area contributed by atoms with E-state index in [0.29, 0.717) is 23.1 Å². The average molecular weight is 405 g/mol. The number of aromatic nitrogens is 1. The molecule has 2 aliphatic rings. The van der Waals surface area contributed by atoms with E-state index in [-0.39, 0.29) is 17.9 Å². The molecule has 1 aliphatic carbocycles. The van der Waals surface area contributed by atoms with Gasteiger partial charge >= 0.3 is 5.97 Å². The summed E-state index contributed by atoms with van der Waals surface area (Å²) in [5.74, 6) is -0.122. The fraction of sp³-hybridized carbons (Fsp3) is 0.450. The van der Waals surface area contributed by atoms with Gasteiger partial charge in [0.05, 0.1) is 7.11 Å². The Labute approximate surface area is 167 Å². The van der Waals surface area contributed by atoms with Crippen LogP contribution >= 0.6 is 22.9 Å². The summed E-state index contributed by atoms with van der Waals surface area (Å²) in [6, 6.07) is 6.99. The van der Waals surface area contributed by atoms with E-state index in [9.17, 15) is 9.59 Å². The lowest BCUT2D eigenvalue weighted by atomic mass is 9.84. The van der Waals surface area contributed by atoms with Gasteiger partial charge in [-0.3, -0.25) is 4.79 Å². The Balaban J connectivity index is 1.62. The highest BCUT2D eigenvalue weighted by atomic mass is 35.5. The lowest BCUT2D eigenvalue weighted by Gasteiger charge is -2.32. The van der Waals surface area contributed by atoms with Gasteiger partial charge in [-0.05, 0) is 37.3 Å². The molecule has 3 unspecified atom stereocenters. The van der Waals surface area contributed by atoms with E-state index >= 15 is 0 Å². The number of hydrogen-bond acceptors (Lipinski definition) is 5. The molecule has 1 saturated carbocycles. The molecule has 0 N–H and O–H groups in total. The Kier molecular flexibility index (Phi) is 5.19. The van der Waals surface area contributed by atoms with Crippen molar-refractivity contribution in [2.45, 2.75) is 44.2 Å². The monoisotopic (exact) mass is 404 g/mol. The molecule has 7 heteroatoms. The molecule has 1 aliphatic heterocycles. The van der Waals surface area contributed by atoms with Crippen molar-refractivity contribution in [3.63, 3.8) is 0 Å². The van der Waals surface area contributed by atoms with Crippen LogP contribution in [0.3, 0.4) is 0 Å². The van der Waals surface area contributed by atoms with E-state index < -0.39 is 6.04 Å². The minimum atomic E-state index is -0.503. The summed E-state index contributed by atoms with van der Waals surface area (Å²) >= 11 is 7.37. The number of fused-ring (bicyclic) bond motifs is 1. The summed E-state index contributed by atoms with van der Waals surface area (Å²) in [5.41, 5.74) is 1.31. The van der Waals surface area contributed by atoms with E-state index in [4.69, 9.17) is 16.3 Å². The highest BCUT2D eigenvalue weighted by Crippen LogP contribution is 2.41. The fourth-order valence-corrected chi connectivity index (χ4v) is 5.25. The van der Waals surface area contributed by atoms with E-state index in [0.717, 1.165) is 36.3 Å². The van der Waals surface area contributed by atoms with Crippen LogP contribution in [0.4, 0.5) is 0 Å². The number of amides is 1. The fourth-order valence-electron chi connectivity index (χ4n) is 4.33. The second-order valence-electron chi connectivity index (χ2n) is 7.14. The van der Waals surface area contributed by atoms with Gasteiger partial charge in [0.25, 0.3) is 5.91 Å². The number of likely N-dealkylation sites (tertiary alicyclic amines) is 1. The van der Waals surface area contributed by atoms with Gasteiger partial charge in [-0.25, -0.2) is 9.78 Å². The van der Waals surface area contributed by atoms with Gasteiger partial charge in [0.15, 0.2) is 0 Å². The molecule has 0 radical (unpaired) electrons. The van der Waals surface area contributed by atoms with E-state index in [2.05, 4.69) is 4.98 Å². The predicted octanol–water partition coefficient (Wildman–Crippen LogP) is 4.41. The molecular weight excluding hydrogens is 384 g/mol. The third-order valence-electron chi connectivity index (χ3n) is 5.61. The SMILES string of the molecule is COC(=O)C1CC2CCCCC2N1C(=O)c1csc(-c2ccc(Cl)cc2)n1. The number of thiazole rings is 1. The highest BCUT2D eigenvalue weighted by molar-refractivity contribution is 7.13. The van der Waals surface area contributed by atoms with Crippen molar-refractivity contribution in [2.75, 3.05) is 7.11 Å². The van der Waals surface area contributed by atoms with Crippen molar-refractivity contribution in [3.8, 4) is 10.6 Å². The largest absolute Gasteiger partial charge is 0.467 e. The van der Waals surface area contributed by atoms with Crippen LogP contribution in [-0.2, 0) is 9.53 Å². The first kappa shape index (κ1) is 18.4. The molecule has 3 atom stereocenters. The first-order chi connectivity index (χ1) is 13.1. The second kappa shape index (κ2) is 7.60. The predicted molar refractivity (Wildman–Crippen MR) is 105 cm³/mol. The number of rotatable bonds is 3. The lowest BCUT2D eigenvalue weighted by molar-refractivity contribution is -0.145. The summed E-state index contributed by atoms with van der Waals surface area (Å²) in [6.45, 7) is 0. The second-order valence-corrected chi connectivity index (χ2v) is 8.44. The number of halogens is 1. The van der Waals surface area contributed by atoms with Gasteiger partial charge in [0.1, 0.15) is 16.7 Å². The van der Waals surface area contributed by atoms with Crippen LogP contribution in [0.15, 0.2) is 29.6 Å². The number of carbonyl (C=O) groups is 2. The van der Waals surface area contributed by atoms with E-state index in [1.807, 2.05) is 12.1 Å². The smallest absolute Gasteiger partial charge is 0.328 e. The molecule has 2 fully saturated rings. The number of nitrogens with zero attached hydrogens (tertiary/aromatic N) is 2. The Hall–Kier alpha value is -1.92. The standard InChI is InChI=1S/C20H21ClN2O3S/c1-26-20(25)17-10-13-4-2-3-5-16(13)23(17)19(24)15-11-27-18(22-15)12-6-8-14(21)9-7-12/h6-9,11,13,16-17H,2-5,10H2,1H3. The number of carbonyl (C=O) groups excluding carboxylic acids is 2. The van der Waals surface area contributed by atoms with Crippen LogP contribution in [0.5, 0.6) is 0 Å². The number of hydrogen-bond donors (Lipinski definition) is 0. The topological polar surface area (TPSA) is 59.5 Å². The molecule has 4 rings (SSSR count). The summed E-state index contributed by atoms with van der Waals surface area (Å²) in [5, 5.41) is 3.20. The van der Waals surface area contributed by atoms with Crippen molar-refractivity contribution in [1.82, 2.24) is 9.88 Å². The normalized spacial score (nSPS) is 24.5. The third-order valence-corrected chi connectivity index (χ3v) is 6.75. The van der Waals surface area contributed by atoms with Crippen molar-refractivity contribution in [3.05, 3.63) is 40.4 Å². The number of esters is 1. The molecule has 27 heavy (non-hydrogen) atoms. The molecule has 1 amide bonds. The maximum atomic E-state index is 13.3. The minimum Gasteiger partial charge on any atom is -0.467 e. The van der Waals surface area contributed by atoms with Crippen molar-refractivity contribution in [2.24, 2.45) is 5.92 Å². The Morgan fingerprint density at radius 1 is 1.22 bits per heavy atom. The maximum absolute atomic E-state index is 13.3. The zero-order valence-electron chi connectivity index (χ0n) is 15.1. The molecule has 0 spiro atoms. The summed E-state index contributed by atoms with van der Waals surface area (Å²) in [4.78, 5) is 31.9. The quantitative estimate of drug-likeness (QED) is 0.711. The highest BCUT2D eigenvalue weighted by Gasteiger charge is 2.48. The maximum Gasteiger partial charge on any atom is 0.328 e. The minimum absolute atomic E-state index is 0.107. The van der Waals surface area contributed by atoms with Gasteiger partial charge in [-0.1, -0.05) is 36.6 Å². The number of ether oxygens (including phenoxy) is 1. The van der Waals surface area contributed by atoms with Crippen molar-refractivity contribution in [1.29, 1.82) is 0 Å². The molecule has 2 aromatic rings. The van der Waals surface area contributed by atoms with E-state index in [1.165, 1.54) is 18.4 Å². The van der Waals surface area contributed by atoms with Crippen molar-refractivity contribution >= 4 is 34.8 Å². The van der Waals surface area contributed by atoms with Gasteiger partial charge in [-0.2, -0.15) is 0 Å². The van der Waals surface area contributed by atoms with Gasteiger partial charge in [0.2, 0.25) is 0 Å². The van der Waals surface area contributed by atoms with Crippen LogP contribution in [0.1, 0.15) is 42.6 Å². The zero-order chi connectivity index (χ0) is 19.0. The van der Waals surface area contributed by atoms with Crippen molar-refractivity contribution < 1.29 is 14.3 Å². The van der Waals surface area contributed by atoms with Gasteiger partial charge in [-0.15, -0.1) is 11.3 Å². The average Bonchev–Trinajstić information content (AvgIpc) is 3.32. The number of benzene rings is 1. The van der Waals surface area contributed by atoms with Crippen LogP contribution in [-0.4, -0.2) is 41.0 Å². The third kappa shape index (κ3) is 3.48. The lowest BCUT2D eigenvalue weighted by Crippen LogP contribution is -2.46. The first-order valence-electron chi connectivity index (χ1n) is 9.20. The van der Waals surface area contributed by atoms with Crippen LogP contribution in [0, 0.1) is 5.92 Å². The van der Waals surface area contributed by atoms with Crippen LogP contribution < -0.4 is 0 Å².